The summed E-state index contributed by atoms with van der Waals surface area (Å²) in [6, 6.07) is 0.425. The average Bonchev–Trinajstić information content (AvgIpc) is 2.89. The highest BCUT2D eigenvalue weighted by molar-refractivity contribution is 5.73. The van der Waals surface area contributed by atoms with E-state index in [1.807, 2.05) is 13.8 Å². The third-order valence-corrected chi connectivity index (χ3v) is 4.15. The molecule has 5 nitrogen and oxygen atoms in total. The van der Waals surface area contributed by atoms with Crippen molar-refractivity contribution in [3.63, 3.8) is 0 Å². The van der Waals surface area contributed by atoms with E-state index in [9.17, 15) is 4.79 Å². The molecule has 1 aliphatic heterocycles. The van der Waals surface area contributed by atoms with E-state index >= 15 is 0 Å². The number of urea groups is 1. The Balaban J connectivity index is 2.09. The molecule has 118 valence electrons. The Kier molecular flexibility index (Phi) is 7.30. The Labute approximate surface area is 123 Å². The second-order valence-corrected chi connectivity index (χ2v) is 6.49. The molecule has 0 aromatic heterocycles. The zero-order valence-electron chi connectivity index (χ0n) is 13.2. The first-order valence-corrected chi connectivity index (χ1v) is 7.85. The number of aliphatic hydroxyl groups is 1. The first-order chi connectivity index (χ1) is 9.48. The maximum Gasteiger partial charge on any atom is 0.314 e. The lowest BCUT2D eigenvalue weighted by Gasteiger charge is -2.23. The minimum absolute atomic E-state index is 0.0520. The van der Waals surface area contributed by atoms with Crippen LogP contribution in [0.5, 0.6) is 0 Å². The topological polar surface area (TPSA) is 64.6 Å². The number of carbonyl (C=O) groups excluding carboxylic acids is 1. The number of aliphatic hydroxyl groups excluding tert-OH is 1. The van der Waals surface area contributed by atoms with E-state index in [1.165, 1.54) is 12.8 Å². The molecule has 20 heavy (non-hydrogen) atoms. The van der Waals surface area contributed by atoms with Gasteiger partial charge >= 0.3 is 6.03 Å². The fourth-order valence-electron chi connectivity index (χ4n) is 2.66. The van der Waals surface area contributed by atoms with Gasteiger partial charge < -0.3 is 15.7 Å². The van der Waals surface area contributed by atoms with Crippen molar-refractivity contribution >= 4 is 6.03 Å². The summed E-state index contributed by atoms with van der Waals surface area (Å²) in [7, 11) is 0. The van der Waals surface area contributed by atoms with Crippen molar-refractivity contribution in [3.8, 4) is 0 Å². The molecule has 1 heterocycles. The largest absolute Gasteiger partial charge is 0.396 e. The van der Waals surface area contributed by atoms with Gasteiger partial charge in [0.25, 0.3) is 0 Å². The summed E-state index contributed by atoms with van der Waals surface area (Å²) >= 11 is 0. The van der Waals surface area contributed by atoms with Gasteiger partial charge in [0, 0.05) is 25.7 Å². The molecular weight excluding hydrogens is 254 g/mol. The maximum absolute atomic E-state index is 11.7. The Bertz CT molecular complexity index is 295. The fourth-order valence-corrected chi connectivity index (χ4v) is 2.66. The molecule has 1 aliphatic rings. The number of likely N-dealkylation sites (N-methyl/N-ethyl adjacent to an activating group) is 1. The van der Waals surface area contributed by atoms with Crippen LogP contribution in [0.3, 0.4) is 0 Å². The lowest BCUT2D eigenvalue weighted by molar-refractivity contribution is 0.148. The van der Waals surface area contributed by atoms with Crippen LogP contribution in [-0.4, -0.2) is 54.9 Å². The summed E-state index contributed by atoms with van der Waals surface area (Å²) in [6.45, 7) is 10.0. The molecule has 0 saturated carbocycles. The quantitative estimate of drug-likeness (QED) is 0.593. The molecule has 3 N–H and O–H groups in total. The summed E-state index contributed by atoms with van der Waals surface area (Å²) < 4.78 is 0. The second-order valence-electron chi connectivity index (χ2n) is 6.49. The number of rotatable bonds is 8. The molecule has 0 bridgehead atoms. The van der Waals surface area contributed by atoms with Crippen LogP contribution in [0.4, 0.5) is 4.79 Å². The predicted octanol–water partition coefficient (Wildman–Crippen LogP) is 1.57. The van der Waals surface area contributed by atoms with Crippen LogP contribution in [0.1, 0.15) is 46.5 Å². The van der Waals surface area contributed by atoms with Crippen LogP contribution < -0.4 is 10.6 Å². The highest BCUT2D eigenvalue weighted by Crippen LogP contribution is 2.20. The van der Waals surface area contributed by atoms with Gasteiger partial charge in [-0.15, -0.1) is 0 Å². The number of hydrogen-bond acceptors (Lipinski definition) is 3. The molecule has 2 amide bonds. The summed E-state index contributed by atoms with van der Waals surface area (Å²) in [5, 5.41) is 15.0. The minimum Gasteiger partial charge on any atom is -0.396 e. The molecule has 1 atom stereocenters. The Morgan fingerprint density at radius 3 is 2.80 bits per heavy atom. The van der Waals surface area contributed by atoms with E-state index in [2.05, 4.69) is 22.5 Å². The van der Waals surface area contributed by atoms with Crippen LogP contribution in [-0.2, 0) is 0 Å². The average molecular weight is 285 g/mol. The number of hydrogen-bond donors (Lipinski definition) is 3. The monoisotopic (exact) mass is 285 g/mol. The number of carbonyl (C=O) groups is 1. The van der Waals surface area contributed by atoms with Gasteiger partial charge in [-0.3, -0.25) is 4.90 Å². The van der Waals surface area contributed by atoms with Crippen molar-refractivity contribution in [2.45, 2.75) is 52.5 Å². The smallest absolute Gasteiger partial charge is 0.314 e. The van der Waals surface area contributed by atoms with E-state index in [-0.39, 0.29) is 18.1 Å². The van der Waals surface area contributed by atoms with E-state index < -0.39 is 0 Å². The molecule has 0 aliphatic carbocycles. The van der Waals surface area contributed by atoms with Crippen molar-refractivity contribution in [3.05, 3.63) is 0 Å². The van der Waals surface area contributed by atoms with E-state index in [1.54, 1.807) is 0 Å². The number of amides is 2. The van der Waals surface area contributed by atoms with Gasteiger partial charge in [-0.25, -0.2) is 4.79 Å². The van der Waals surface area contributed by atoms with Crippen molar-refractivity contribution in [2.75, 3.05) is 32.8 Å². The van der Waals surface area contributed by atoms with E-state index in [0.29, 0.717) is 12.6 Å². The van der Waals surface area contributed by atoms with Crippen LogP contribution in [0.25, 0.3) is 0 Å². The van der Waals surface area contributed by atoms with Crippen molar-refractivity contribution in [1.82, 2.24) is 15.5 Å². The minimum atomic E-state index is -0.0743. The highest BCUT2D eigenvalue weighted by atomic mass is 16.3. The zero-order valence-corrected chi connectivity index (χ0v) is 13.2. The molecule has 1 saturated heterocycles. The number of nitrogens with zero attached hydrogens (tertiary/aromatic N) is 1. The SMILES string of the molecule is CCN1CCCC1CNC(=O)NCCCC(C)(C)CO. The second kappa shape index (κ2) is 8.47. The molecule has 0 spiro atoms. The fraction of sp³-hybridized carbons (Fsp3) is 0.933. The third kappa shape index (κ3) is 6.09. The van der Waals surface area contributed by atoms with Crippen LogP contribution >= 0.6 is 0 Å². The van der Waals surface area contributed by atoms with E-state index in [0.717, 1.165) is 32.5 Å². The molecule has 0 aromatic carbocycles. The van der Waals surface area contributed by atoms with Gasteiger partial charge in [-0.05, 0) is 44.2 Å². The van der Waals surface area contributed by atoms with Crippen molar-refractivity contribution in [1.29, 1.82) is 0 Å². The molecule has 1 rings (SSSR count). The number of likely N-dealkylation sites (tertiary alicyclic amines) is 1. The van der Waals surface area contributed by atoms with Gasteiger partial charge in [0.1, 0.15) is 0 Å². The van der Waals surface area contributed by atoms with Crippen LogP contribution in [0.15, 0.2) is 0 Å². The molecule has 0 radical (unpaired) electrons. The Morgan fingerprint density at radius 1 is 1.40 bits per heavy atom. The van der Waals surface area contributed by atoms with Gasteiger partial charge in [0.2, 0.25) is 0 Å². The highest BCUT2D eigenvalue weighted by Gasteiger charge is 2.23. The van der Waals surface area contributed by atoms with Crippen LogP contribution in [0.2, 0.25) is 0 Å². The third-order valence-electron chi connectivity index (χ3n) is 4.15. The molecule has 5 heteroatoms. The summed E-state index contributed by atoms with van der Waals surface area (Å²) in [6.07, 6.45) is 4.22. The predicted molar refractivity (Wildman–Crippen MR) is 81.8 cm³/mol. The molecule has 0 aromatic rings. The van der Waals surface area contributed by atoms with Crippen molar-refractivity contribution in [2.24, 2.45) is 5.41 Å². The van der Waals surface area contributed by atoms with Gasteiger partial charge in [0.15, 0.2) is 0 Å². The first-order valence-electron chi connectivity index (χ1n) is 7.85. The Morgan fingerprint density at radius 2 is 2.15 bits per heavy atom. The summed E-state index contributed by atoms with van der Waals surface area (Å²) in [5.41, 5.74) is -0.0520. The van der Waals surface area contributed by atoms with Crippen LogP contribution in [0, 0.1) is 5.41 Å². The van der Waals surface area contributed by atoms with Gasteiger partial charge in [-0.2, -0.15) is 0 Å². The summed E-state index contributed by atoms with van der Waals surface area (Å²) in [4.78, 5) is 14.1. The Hall–Kier alpha value is -0.810. The van der Waals surface area contributed by atoms with Crippen molar-refractivity contribution < 1.29 is 9.90 Å². The van der Waals surface area contributed by atoms with E-state index in [4.69, 9.17) is 5.11 Å². The number of nitrogens with one attached hydrogen (secondary N) is 2. The summed E-state index contributed by atoms with van der Waals surface area (Å²) in [5.74, 6) is 0. The lowest BCUT2D eigenvalue weighted by Crippen LogP contribution is -2.44. The zero-order chi connectivity index (χ0) is 15.0. The standard InChI is InChI=1S/C15H31N3O2/c1-4-18-10-5-7-13(18)11-17-14(20)16-9-6-8-15(2,3)12-19/h13,19H,4-12H2,1-3H3,(H2,16,17,20). The maximum atomic E-state index is 11.7. The molecular formula is C15H31N3O2. The van der Waals surface area contributed by atoms with Gasteiger partial charge in [-0.1, -0.05) is 20.8 Å². The normalized spacial score (nSPS) is 20.1. The lowest BCUT2D eigenvalue weighted by atomic mass is 9.89. The first kappa shape index (κ1) is 17.2. The molecule has 1 unspecified atom stereocenters. The van der Waals surface area contributed by atoms with Gasteiger partial charge in [0.05, 0.1) is 0 Å². The molecule has 1 fully saturated rings.